The van der Waals surface area contributed by atoms with Gasteiger partial charge in [0.1, 0.15) is 0 Å². The molecule has 1 heterocycles. The lowest BCUT2D eigenvalue weighted by atomic mass is 9.82. The Hall–Kier alpha value is -5.96. The highest BCUT2D eigenvalue weighted by molar-refractivity contribution is 7.26. The fourth-order valence-electron chi connectivity index (χ4n) is 9.87. The van der Waals surface area contributed by atoms with Crippen LogP contribution in [0.25, 0.3) is 64.3 Å². The lowest BCUT2D eigenvalue weighted by Gasteiger charge is -2.31. The molecule has 0 spiro atoms. The molecule has 0 fully saturated rings. The lowest BCUT2D eigenvalue weighted by Crippen LogP contribution is -2.17. The van der Waals surface area contributed by atoms with Gasteiger partial charge in [-0.05, 0) is 91.7 Å². The summed E-state index contributed by atoms with van der Waals surface area (Å²) in [4.78, 5) is 2.55. The molecule has 8 aromatic carbocycles. The van der Waals surface area contributed by atoms with Crippen molar-refractivity contribution in [2.24, 2.45) is 0 Å². The van der Waals surface area contributed by atoms with Crippen molar-refractivity contribution >= 4 is 59.3 Å². The summed E-state index contributed by atoms with van der Waals surface area (Å²) in [6, 6.07) is 61.4. The normalized spacial score (nSPS) is 14.6. The number of benzene rings is 8. The van der Waals surface area contributed by atoms with Gasteiger partial charge < -0.3 is 4.90 Å². The molecule has 1 aromatic heterocycles. The quantitative estimate of drug-likeness (QED) is 0.176. The first-order valence-electron chi connectivity index (χ1n) is 19.0. The Morgan fingerprint density at radius 3 is 1.52 bits per heavy atom. The van der Waals surface area contributed by atoms with Crippen LogP contribution in [-0.4, -0.2) is 0 Å². The first-order valence-corrected chi connectivity index (χ1v) is 19.8. The summed E-state index contributed by atoms with van der Waals surface area (Å²) in [5.74, 6) is 0. The first kappa shape index (κ1) is 31.6. The molecule has 258 valence electrons. The molecule has 54 heavy (non-hydrogen) atoms. The Morgan fingerprint density at radius 1 is 0.407 bits per heavy atom. The maximum atomic E-state index is 2.55. The maximum Gasteiger partial charge on any atom is 0.0543 e. The Balaban J connectivity index is 1.15. The van der Waals surface area contributed by atoms with Crippen molar-refractivity contribution in [2.75, 3.05) is 4.90 Å². The van der Waals surface area contributed by atoms with Crippen LogP contribution in [0.2, 0.25) is 0 Å². The molecular weight excluding hydrogens is 671 g/mol. The second-order valence-corrected chi connectivity index (χ2v) is 17.1. The molecule has 0 atom stereocenters. The predicted octanol–water partition coefficient (Wildman–Crippen LogP) is 15.0. The summed E-state index contributed by atoms with van der Waals surface area (Å²) in [5, 5.41) is 5.31. The predicted molar refractivity (Wildman–Crippen MR) is 232 cm³/mol. The van der Waals surface area contributed by atoms with Crippen LogP contribution in [0.1, 0.15) is 49.9 Å². The van der Waals surface area contributed by atoms with Crippen LogP contribution in [0.3, 0.4) is 0 Å². The summed E-state index contributed by atoms with van der Waals surface area (Å²) < 4.78 is 2.67. The molecule has 0 amide bonds. The van der Waals surface area contributed by atoms with Crippen LogP contribution in [-0.2, 0) is 10.8 Å². The highest BCUT2D eigenvalue weighted by Crippen LogP contribution is 2.58. The molecule has 11 rings (SSSR count). The van der Waals surface area contributed by atoms with E-state index >= 15 is 0 Å². The Morgan fingerprint density at radius 2 is 0.907 bits per heavy atom. The lowest BCUT2D eigenvalue weighted by molar-refractivity contribution is 0.660. The van der Waals surface area contributed by atoms with Gasteiger partial charge in [0.15, 0.2) is 0 Å². The molecule has 2 aliphatic rings. The highest BCUT2D eigenvalue weighted by atomic mass is 32.1. The minimum absolute atomic E-state index is 0.100. The van der Waals surface area contributed by atoms with Gasteiger partial charge in [-0.3, -0.25) is 0 Å². The Kier molecular flexibility index (Phi) is 6.59. The van der Waals surface area contributed by atoms with Crippen LogP contribution in [0.4, 0.5) is 17.1 Å². The van der Waals surface area contributed by atoms with E-state index in [2.05, 4.69) is 196 Å². The minimum Gasteiger partial charge on any atom is -0.309 e. The zero-order chi connectivity index (χ0) is 36.3. The van der Waals surface area contributed by atoms with E-state index in [0.717, 1.165) is 5.69 Å². The Labute approximate surface area is 320 Å². The number of hydrogen-bond donors (Lipinski definition) is 0. The van der Waals surface area contributed by atoms with Crippen LogP contribution in [0, 0.1) is 0 Å². The number of thiophene rings is 1. The summed E-state index contributed by atoms with van der Waals surface area (Å²) in [6.07, 6.45) is 0. The Bertz CT molecular complexity index is 2890. The monoisotopic (exact) mass is 709 g/mol. The number of hydrogen-bond acceptors (Lipinski definition) is 2. The second kappa shape index (κ2) is 11.3. The van der Waals surface area contributed by atoms with E-state index < -0.39 is 0 Å². The zero-order valence-electron chi connectivity index (χ0n) is 30.9. The molecule has 1 nitrogen and oxygen atoms in total. The molecule has 0 saturated heterocycles. The molecular formula is C52H39NS. The summed E-state index contributed by atoms with van der Waals surface area (Å²) in [7, 11) is 0. The smallest absolute Gasteiger partial charge is 0.0543 e. The molecule has 0 radical (unpaired) electrons. The van der Waals surface area contributed by atoms with Gasteiger partial charge in [-0.15, -0.1) is 11.3 Å². The topological polar surface area (TPSA) is 3.24 Å². The molecule has 0 N–H and O–H groups in total. The van der Waals surface area contributed by atoms with Gasteiger partial charge in [0.2, 0.25) is 0 Å². The van der Waals surface area contributed by atoms with Crippen molar-refractivity contribution in [2.45, 2.75) is 38.5 Å². The molecule has 0 aliphatic heterocycles. The van der Waals surface area contributed by atoms with Crippen molar-refractivity contribution in [1.82, 2.24) is 0 Å². The van der Waals surface area contributed by atoms with Crippen molar-refractivity contribution in [1.29, 1.82) is 0 Å². The molecule has 0 bridgehead atoms. The van der Waals surface area contributed by atoms with E-state index in [0.29, 0.717) is 0 Å². The molecule has 2 heteroatoms. The summed E-state index contributed by atoms with van der Waals surface area (Å²) in [5.41, 5.74) is 16.7. The molecule has 2 aliphatic carbocycles. The van der Waals surface area contributed by atoms with Crippen LogP contribution >= 0.6 is 11.3 Å². The third kappa shape index (κ3) is 4.26. The maximum absolute atomic E-state index is 2.55. The van der Waals surface area contributed by atoms with E-state index in [4.69, 9.17) is 0 Å². The average molecular weight is 710 g/mol. The van der Waals surface area contributed by atoms with Gasteiger partial charge in [0.05, 0.1) is 11.4 Å². The van der Waals surface area contributed by atoms with Crippen molar-refractivity contribution < 1.29 is 0 Å². The number of fused-ring (bicyclic) bond motifs is 11. The highest BCUT2D eigenvalue weighted by Gasteiger charge is 2.40. The molecule has 9 aromatic rings. The van der Waals surface area contributed by atoms with Gasteiger partial charge in [0.25, 0.3) is 0 Å². The van der Waals surface area contributed by atoms with Crippen molar-refractivity contribution in [3.63, 3.8) is 0 Å². The molecule has 0 saturated carbocycles. The van der Waals surface area contributed by atoms with Crippen LogP contribution in [0.5, 0.6) is 0 Å². The second-order valence-electron chi connectivity index (χ2n) is 16.1. The third-order valence-electron chi connectivity index (χ3n) is 12.5. The van der Waals surface area contributed by atoms with Crippen LogP contribution < -0.4 is 4.90 Å². The van der Waals surface area contributed by atoms with Crippen molar-refractivity contribution in [3.8, 4) is 33.4 Å². The van der Waals surface area contributed by atoms with E-state index in [-0.39, 0.29) is 10.8 Å². The van der Waals surface area contributed by atoms with Crippen molar-refractivity contribution in [3.05, 3.63) is 186 Å². The largest absolute Gasteiger partial charge is 0.309 e. The van der Waals surface area contributed by atoms with Gasteiger partial charge in [0, 0.05) is 47.8 Å². The zero-order valence-corrected chi connectivity index (χ0v) is 31.8. The summed E-state index contributed by atoms with van der Waals surface area (Å²) in [6.45, 7) is 9.49. The minimum atomic E-state index is -0.100. The fourth-order valence-corrected chi connectivity index (χ4v) is 11.0. The number of nitrogens with zero attached hydrogens (tertiary/aromatic N) is 1. The van der Waals surface area contributed by atoms with E-state index in [9.17, 15) is 0 Å². The van der Waals surface area contributed by atoms with Gasteiger partial charge >= 0.3 is 0 Å². The van der Waals surface area contributed by atoms with E-state index in [1.165, 1.54) is 98.0 Å². The van der Waals surface area contributed by atoms with Gasteiger partial charge in [-0.25, -0.2) is 0 Å². The van der Waals surface area contributed by atoms with Crippen LogP contribution in [0.15, 0.2) is 164 Å². The number of rotatable bonds is 4. The third-order valence-corrected chi connectivity index (χ3v) is 13.6. The van der Waals surface area contributed by atoms with Gasteiger partial charge in [-0.2, -0.15) is 0 Å². The molecule has 0 unspecified atom stereocenters. The standard InChI is InChI=1S/C52H39NS/c1-51(2)40-20-10-7-17-36(40)49-42(51)22-13-24-44(49)53(45-25-14-23-43-50(45)37-18-8-11-21-41(37)52(43,3)4)33-29-27-32(28-30-33)39-31-47-48(35-16-6-5-15-34(35)39)38-19-9-12-26-46(38)54-47/h5-31H,1-4H3. The number of anilines is 3. The SMILES string of the molecule is CC1(C)c2ccccc2-c2c(N(c3ccc(-c4cc5sc6ccccc6c5c5ccccc45)cc3)c3cccc4c3-c3ccccc3C4(C)C)cccc21. The summed E-state index contributed by atoms with van der Waals surface area (Å²) >= 11 is 1.89. The first-order chi connectivity index (χ1) is 26.3. The van der Waals surface area contributed by atoms with E-state index in [1.807, 2.05) is 11.3 Å². The average Bonchev–Trinajstić information content (AvgIpc) is 3.78. The fraction of sp³-hybridized carbons (Fsp3) is 0.115. The van der Waals surface area contributed by atoms with E-state index in [1.54, 1.807) is 0 Å². The van der Waals surface area contributed by atoms with Gasteiger partial charge in [-0.1, -0.05) is 155 Å².